The maximum absolute atomic E-state index is 11.8. The summed E-state index contributed by atoms with van der Waals surface area (Å²) in [6.07, 6.45) is 1.82. The molecule has 1 fully saturated rings. The third kappa shape index (κ3) is 5.17. The fourth-order valence-corrected chi connectivity index (χ4v) is 2.29. The quantitative estimate of drug-likeness (QED) is 0.773. The van der Waals surface area contributed by atoms with E-state index < -0.39 is 0 Å². The lowest BCUT2D eigenvalue weighted by molar-refractivity contribution is -0.123. The van der Waals surface area contributed by atoms with E-state index in [9.17, 15) is 4.79 Å². The van der Waals surface area contributed by atoms with Crippen molar-refractivity contribution < 1.29 is 4.79 Å². The molecule has 0 spiro atoms. The van der Waals surface area contributed by atoms with Gasteiger partial charge in [-0.1, -0.05) is 13.8 Å². The number of nitrogens with one attached hydrogen (secondary N) is 1. The molecule has 2 atom stereocenters. The van der Waals surface area contributed by atoms with Crippen LogP contribution in [-0.2, 0) is 4.79 Å². The zero-order valence-corrected chi connectivity index (χ0v) is 12.4. The summed E-state index contributed by atoms with van der Waals surface area (Å²) >= 11 is 0. The van der Waals surface area contributed by atoms with Gasteiger partial charge in [0, 0.05) is 32.2 Å². The second-order valence-corrected chi connectivity index (χ2v) is 5.24. The van der Waals surface area contributed by atoms with Gasteiger partial charge < -0.3 is 5.32 Å². The molecule has 5 nitrogen and oxygen atoms in total. The Bertz CT molecular complexity index is 318. The van der Waals surface area contributed by atoms with E-state index >= 15 is 0 Å². The molecule has 108 valence electrons. The molecule has 2 unspecified atom stereocenters. The largest absolute Gasteiger partial charge is 0.353 e. The first-order valence-corrected chi connectivity index (χ1v) is 7.26. The number of carbonyl (C=O) groups excluding carboxylic acids is 1. The maximum atomic E-state index is 11.8. The summed E-state index contributed by atoms with van der Waals surface area (Å²) in [7, 11) is 0. The molecule has 0 aromatic heterocycles. The Balaban J connectivity index is 2.30. The molecule has 0 aromatic rings. The molecule has 0 radical (unpaired) electrons. The van der Waals surface area contributed by atoms with Gasteiger partial charge in [0.05, 0.1) is 18.7 Å². The Morgan fingerprint density at radius 1 is 1.26 bits per heavy atom. The van der Waals surface area contributed by atoms with Gasteiger partial charge in [-0.05, 0) is 19.8 Å². The average molecular weight is 266 g/mol. The highest BCUT2D eigenvalue weighted by Gasteiger charge is 2.23. The SMILES string of the molecule is CCC(C)NC(=O)CN1CCN(C(C#N)CC)CC1. The van der Waals surface area contributed by atoms with Crippen LogP contribution in [0.25, 0.3) is 0 Å². The second-order valence-electron chi connectivity index (χ2n) is 5.24. The molecule has 1 rings (SSSR count). The molecule has 1 aliphatic rings. The molecule has 0 bridgehead atoms. The minimum Gasteiger partial charge on any atom is -0.353 e. The van der Waals surface area contributed by atoms with Crippen molar-refractivity contribution in [2.45, 2.75) is 45.7 Å². The number of hydrogen-bond acceptors (Lipinski definition) is 4. The van der Waals surface area contributed by atoms with Gasteiger partial charge in [0.25, 0.3) is 0 Å². The van der Waals surface area contributed by atoms with Crippen molar-refractivity contribution in [2.75, 3.05) is 32.7 Å². The smallest absolute Gasteiger partial charge is 0.234 e. The van der Waals surface area contributed by atoms with Crippen LogP contribution in [0.4, 0.5) is 0 Å². The van der Waals surface area contributed by atoms with Crippen molar-refractivity contribution in [1.29, 1.82) is 5.26 Å². The van der Waals surface area contributed by atoms with E-state index in [4.69, 9.17) is 5.26 Å². The second kappa shape index (κ2) is 8.13. The standard InChI is InChI=1S/C14H26N4O/c1-4-12(3)16-14(19)11-17-6-8-18(9-7-17)13(5-2)10-15/h12-13H,4-9,11H2,1-3H3,(H,16,19). The van der Waals surface area contributed by atoms with Crippen LogP contribution >= 0.6 is 0 Å². The minimum atomic E-state index is 0.0242. The Morgan fingerprint density at radius 3 is 2.37 bits per heavy atom. The van der Waals surface area contributed by atoms with Gasteiger partial charge in [0.1, 0.15) is 0 Å². The molecule has 0 aromatic carbocycles. The van der Waals surface area contributed by atoms with Crippen molar-refractivity contribution in [2.24, 2.45) is 0 Å². The predicted octanol–water partition coefficient (Wildman–Crippen LogP) is 0.821. The topological polar surface area (TPSA) is 59.4 Å². The summed E-state index contributed by atoms with van der Waals surface area (Å²) in [5, 5.41) is 12.0. The maximum Gasteiger partial charge on any atom is 0.234 e. The third-order valence-corrected chi connectivity index (χ3v) is 3.77. The predicted molar refractivity (Wildman–Crippen MR) is 75.6 cm³/mol. The Labute approximate surface area is 116 Å². The van der Waals surface area contributed by atoms with Gasteiger partial charge in [-0.2, -0.15) is 5.26 Å². The van der Waals surface area contributed by atoms with Crippen molar-refractivity contribution in [3.8, 4) is 6.07 Å². The van der Waals surface area contributed by atoms with Gasteiger partial charge in [0.2, 0.25) is 5.91 Å². The first-order valence-electron chi connectivity index (χ1n) is 7.26. The van der Waals surface area contributed by atoms with Crippen molar-refractivity contribution in [1.82, 2.24) is 15.1 Å². The molecule has 1 N–H and O–H groups in total. The number of nitriles is 1. The van der Waals surface area contributed by atoms with Crippen LogP contribution in [0.15, 0.2) is 0 Å². The molecular weight excluding hydrogens is 240 g/mol. The average Bonchev–Trinajstić information content (AvgIpc) is 2.41. The molecule has 0 aliphatic carbocycles. The summed E-state index contributed by atoms with van der Waals surface area (Å²) in [5.41, 5.74) is 0. The van der Waals surface area contributed by atoms with Crippen LogP contribution < -0.4 is 5.32 Å². The van der Waals surface area contributed by atoms with Gasteiger partial charge in [-0.15, -0.1) is 0 Å². The summed E-state index contributed by atoms with van der Waals surface area (Å²) in [6.45, 7) is 10.1. The summed E-state index contributed by atoms with van der Waals surface area (Å²) < 4.78 is 0. The number of carbonyl (C=O) groups is 1. The zero-order valence-electron chi connectivity index (χ0n) is 12.4. The molecular formula is C14H26N4O. The normalized spacial score (nSPS) is 20.5. The first-order chi connectivity index (χ1) is 9.10. The minimum absolute atomic E-state index is 0.0242. The number of amides is 1. The highest BCUT2D eigenvalue weighted by Crippen LogP contribution is 2.08. The van der Waals surface area contributed by atoms with Crippen LogP contribution in [0.3, 0.4) is 0 Å². The van der Waals surface area contributed by atoms with Crippen molar-refractivity contribution in [3.05, 3.63) is 0 Å². The Hall–Kier alpha value is -1.12. The van der Waals surface area contributed by atoms with Gasteiger partial charge in [-0.3, -0.25) is 14.6 Å². The number of nitrogens with zero attached hydrogens (tertiary/aromatic N) is 3. The van der Waals surface area contributed by atoms with Gasteiger partial charge in [0.15, 0.2) is 0 Å². The zero-order chi connectivity index (χ0) is 14.3. The fraction of sp³-hybridized carbons (Fsp3) is 0.857. The Kier molecular flexibility index (Phi) is 6.82. The van der Waals surface area contributed by atoms with E-state index in [2.05, 4.69) is 28.1 Å². The third-order valence-electron chi connectivity index (χ3n) is 3.77. The number of rotatable bonds is 6. The molecule has 1 saturated heterocycles. The monoisotopic (exact) mass is 266 g/mol. The van der Waals surface area contributed by atoms with Crippen LogP contribution in [0.5, 0.6) is 0 Å². The number of piperazine rings is 1. The lowest BCUT2D eigenvalue weighted by atomic mass is 10.2. The lowest BCUT2D eigenvalue weighted by Crippen LogP contribution is -2.52. The highest BCUT2D eigenvalue weighted by atomic mass is 16.2. The van der Waals surface area contributed by atoms with E-state index in [0.29, 0.717) is 6.54 Å². The van der Waals surface area contributed by atoms with E-state index in [0.717, 1.165) is 39.0 Å². The number of hydrogen-bond donors (Lipinski definition) is 1. The lowest BCUT2D eigenvalue weighted by Gasteiger charge is -2.36. The van der Waals surface area contributed by atoms with Crippen LogP contribution in [0.2, 0.25) is 0 Å². The summed E-state index contributed by atoms with van der Waals surface area (Å²) in [5.74, 6) is 0.107. The van der Waals surface area contributed by atoms with Crippen molar-refractivity contribution >= 4 is 5.91 Å². The van der Waals surface area contributed by atoms with Gasteiger partial charge in [-0.25, -0.2) is 0 Å². The first kappa shape index (κ1) is 15.9. The van der Waals surface area contributed by atoms with E-state index in [-0.39, 0.29) is 18.0 Å². The van der Waals surface area contributed by atoms with E-state index in [1.54, 1.807) is 0 Å². The van der Waals surface area contributed by atoms with E-state index in [1.807, 2.05) is 13.8 Å². The summed E-state index contributed by atoms with van der Waals surface area (Å²) in [4.78, 5) is 16.2. The van der Waals surface area contributed by atoms with Crippen LogP contribution in [0, 0.1) is 11.3 Å². The molecule has 1 amide bonds. The van der Waals surface area contributed by atoms with Crippen LogP contribution in [-0.4, -0.2) is 60.5 Å². The van der Waals surface area contributed by atoms with Crippen molar-refractivity contribution in [3.63, 3.8) is 0 Å². The van der Waals surface area contributed by atoms with Crippen LogP contribution in [0.1, 0.15) is 33.6 Å². The molecule has 19 heavy (non-hydrogen) atoms. The Morgan fingerprint density at radius 2 is 1.89 bits per heavy atom. The summed E-state index contributed by atoms with van der Waals surface area (Å²) in [6, 6.07) is 2.61. The highest BCUT2D eigenvalue weighted by molar-refractivity contribution is 5.78. The fourth-order valence-electron chi connectivity index (χ4n) is 2.29. The molecule has 0 saturated carbocycles. The van der Waals surface area contributed by atoms with E-state index in [1.165, 1.54) is 0 Å². The molecule has 5 heteroatoms. The molecule has 1 aliphatic heterocycles. The van der Waals surface area contributed by atoms with Gasteiger partial charge >= 0.3 is 0 Å². The molecule has 1 heterocycles.